The molecule has 6 nitrogen and oxygen atoms in total. The summed E-state index contributed by atoms with van der Waals surface area (Å²) >= 11 is 0. The molecule has 2 atom stereocenters. The summed E-state index contributed by atoms with van der Waals surface area (Å²) in [6, 6.07) is 23.9. The molecule has 0 aliphatic rings. The highest BCUT2D eigenvalue weighted by Gasteiger charge is 2.39. The van der Waals surface area contributed by atoms with Crippen molar-refractivity contribution < 1.29 is 24.2 Å². The van der Waals surface area contributed by atoms with Gasteiger partial charge >= 0.3 is 5.97 Å². The molecular weight excluding hydrogens is 530 g/mol. The maximum absolute atomic E-state index is 11.6. The number of carboxylic acid groups (broad SMARTS) is 1. The van der Waals surface area contributed by atoms with Crippen molar-refractivity contribution in [1.29, 1.82) is 0 Å². The molecule has 0 saturated heterocycles. The van der Waals surface area contributed by atoms with Gasteiger partial charge in [-0.05, 0) is 71.9 Å². The van der Waals surface area contributed by atoms with E-state index in [0.29, 0.717) is 25.3 Å². The minimum atomic E-state index is -2.10. The van der Waals surface area contributed by atoms with Gasteiger partial charge in [0, 0.05) is 12.1 Å². The van der Waals surface area contributed by atoms with Crippen LogP contribution in [0.1, 0.15) is 74.0 Å². The van der Waals surface area contributed by atoms with Crippen LogP contribution >= 0.6 is 0 Å². The van der Waals surface area contributed by atoms with E-state index in [0.717, 1.165) is 40.8 Å². The number of hydrogen-bond donors (Lipinski definition) is 3. The second-order valence-corrected chi connectivity index (χ2v) is 16.9. The Kier molecular flexibility index (Phi) is 11.7. The standard InChI is InChI=1S/C34H47NO5Si/c1-7-30(33(37)38)27-15-11-14-25(20-27)18-19-35-22-32(40-41(5,6)34(2,3)4)28-16-17-31(29(21-28)23-36)39-24-26-12-9-8-10-13-26/h8-17,20-21,30,32,35-36H,7,18-19,22-24H2,1-6H3,(H,37,38)/t30?,32-/m1/s1. The lowest BCUT2D eigenvalue weighted by molar-refractivity contribution is -0.138. The molecule has 3 N–H and O–H groups in total. The van der Waals surface area contributed by atoms with Gasteiger partial charge in [0.1, 0.15) is 12.4 Å². The van der Waals surface area contributed by atoms with Crippen molar-refractivity contribution in [2.45, 2.75) is 83.9 Å². The van der Waals surface area contributed by atoms with Gasteiger partial charge in [-0.15, -0.1) is 0 Å². The molecule has 0 amide bonds. The summed E-state index contributed by atoms with van der Waals surface area (Å²) in [4.78, 5) is 11.6. The number of aliphatic carboxylic acids is 1. The van der Waals surface area contributed by atoms with E-state index < -0.39 is 20.2 Å². The third-order valence-corrected chi connectivity index (χ3v) is 12.6. The van der Waals surface area contributed by atoms with Crippen LogP contribution < -0.4 is 10.1 Å². The minimum Gasteiger partial charge on any atom is -0.489 e. The summed E-state index contributed by atoms with van der Waals surface area (Å²) in [6.07, 6.45) is 1.16. The number of aliphatic hydroxyl groups excluding tert-OH is 1. The number of nitrogens with one attached hydrogen (secondary N) is 1. The van der Waals surface area contributed by atoms with Gasteiger partial charge in [-0.25, -0.2) is 0 Å². The number of aliphatic hydroxyl groups is 1. The molecule has 0 radical (unpaired) electrons. The fraction of sp³-hybridized carbons (Fsp3) is 0.441. The van der Waals surface area contributed by atoms with Gasteiger partial charge in [0.15, 0.2) is 8.32 Å². The van der Waals surface area contributed by atoms with Crippen LogP contribution in [-0.2, 0) is 28.9 Å². The van der Waals surface area contributed by atoms with Gasteiger partial charge in [-0.3, -0.25) is 4.79 Å². The topological polar surface area (TPSA) is 88.0 Å². The maximum atomic E-state index is 11.6. The van der Waals surface area contributed by atoms with E-state index in [1.54, 1.807) is 0 Å². The van der Waals surface area contributed by atoms with Gasteiger partial charge in [-0.2, -0.15) is 0 Å². The third kappa shape index (κ3) is 9.26. The number of benzene rings is 3. The first-order valence-electron chi connectivity index (χ1n) is 14.6. The number of carbonyl (C=O) groups is 1. The van der Waals surface area contributed by atoms with Gasteiger partial charge in [0.2, 0.25) is 0 Å². The molecule has 41 heavy (non-hydrogen) atoms. The lowest BCUT2D eigenvalue weighted by Crippen LogP contribution is -2.43. The van der Waals surface area contributed by atoms with E-state index in [4.69, 9.17) is 9.16 Å². The highest BCUT2D eigenvalue weighted by atomic mass is 28.4. The number of rotatable bonds is 15. The molecule has 0 heterocycles. The largest absolute Gasteiger partial charge is 0.489 e. The Labute approximate surface area is 246 Å². The van der Waals surface area contributed by atoms with Crippen molar-refractivity contribution in [3.05, 3.63) is 101 Å². The highest BCUT2D eigenvalue weighted by molar-refractivity contribution is 6.74. The van der Waals surface area contributed by atoms with Crippen LogP contribution in [-0.4, -0.2) is 37.6 Å². The first kappa shape index (κ1) is 32.5. The zero-order valence-corrected chi connectivity index (χ0v) is 26.4. The van der Waals surface area contributed by atoms with E-state index in [1.807, 2.05) is 79.7 Å². The molecule has 1 unspecified atom stereocenters. The molecule has 0 aromatic heterocycles. The predicted octanol–water partition coefficient (Wildman–Crippen LogP) is 7.23. The smallest absolute Gasteiger partial charge is 0.310 e. The second kappa shape index (κ2) is 14.8. The zero-order valence-electron chi connectivity index (χ0n) is 25.4. The summed E-state index contributed by atoms with van der Waals surface area (Å²) in [5.74, 6) is -0.594. The molecule has 0 fully saturated rings. The molecule has 0 aliphatic heterocycles. The third-order valence-electron chi connectivity index (χ3n) is 8.09. The van der Waals surface area contributed by atoms with E-state index in [1.165, 1.54) is 0 Å². The Balaban J connectivity index is 1.73. The van der Waals surface area contributed by atoms with Crippen molar-refractivity contribution in [2.24, 2.45) is 0 Å². The minimum absolute atomic E-state index is 0.0458. The van der Waals surface area contributed by atoms with Crippen LogP contribution in [0.3, 0.4) is 0 Å². The Morgan fingerprint density at radius 2 is 1.66 bits per heavy atom. The van der Waals surface area contributed by atoms with Crippen molar-refractivity contribution in [1.82, 2.24) is 5.32 Å². The lowest BCUT2D eigenvalue weighted by Gasteiger charge is -2.39. The molecule has 7 heteroatoms. The first-order chi connectivity index (χ1) is 19.4. The quantitative estimate of drug-likeness (QED) is 0.130. The maximum Gasteiger partial charge on any atom is 0.310 e. The number of carboxylic acids is 1. The van der Waals surface area contributed by atoms with Gasteiger partial charge < -0.3 is 24.7 Å². The molecule has 0 saturated carbocycles. The lowest BCUT2D eigenvalue weighted by atomic mass is 9.94. The molecule has 3 aromatic carbocycles. The highest BCUT2D eigenvalue weighted by Crippen LogP contribution is 2.40. The SMILES string of the molecule is CCC(C(=O)O)c1cccc(CCNC[C@@H](O[Si](C)(C)C(C)(C)C)c2ccc(OCc3ccccc3)c(CO)c2)c1. The van der Waals surface area contributed by atoms with E-state index in [2.05, 4.69) is 39.2 Å². The van der Waals surface area contributed by atoms with Gasteiger partial charge in [0.05, 0.1) is 18.6 Å². The Morgan fingerprint density at radius 3 is 2.29 bits per heavy atom. The van der Waals surface area contributed by atoms with Crippen LogP contribution in [0.4, 0.5) is 0 Å². The second-order valence-electron chi connectivity index (χ2n) is 12.2. The van der Waals surface area contributed by atoms with Crippen LogP contribution in [0.25, 0.3) is 0 Å². The van der Waals surface area contributed by atoms with Crippen LogP contribution in [0, 0.1) is 0 Å². The molecule has 222 valence electrons. The summed E-state index contributed by atoms with van der Waals surface area (Å²) in [5, 5.41) is 23.3. The van der Waals surface area contributed by atoms with Crippen molar-refractivity contribution in [3.63, 3.8) is 0 Å². The normalized spacial score (nSPS) is 13.5. The Morgan fingerprint density at radius 1 is 0.951 bits per heavy atom. The van der Waals surface area contributed by atoms with Crippen LogP contribution in [0.2, 0.25) is 18.1 Å². The van der Waals surface area contributed by atoms with Crippen molar-refractivity contribution in [2.75, 3.05) is 13.1 Å². The fourth-order valence-corrected chi connectivity index (χ4v) is 5.83. The van der Waals surface area contributed by atoms with Gasteiger partial charge in [-0.1, -0.05) is 88.4 Å². The zero-order chi connectivity index (χ0) is 30.0. The van der Waals surface area contributed by atoms with Crippen LogP contribution in [0.15, 0.2) is 72.8 Å². The van der Waals surface area contributed by atoms with Crippen molar-refractivity contribution in [3.8, 4) is 5.75 Å². The molecule has 3 aromatic rings. The summed E-state index contributed by atoms with van der Waals surface area (Å²) in [5.41, 5.74) is 4.78. The van der Waals surface area contributed by atoms with Gasteiger partial charge in [0.25, 0.3) is 0 Å². The number of ether oxygens (including phenoxy) is 1. The molecule has 0 spiro atoms. The number of hydrogen-bond acceptors (Lipinski definition) is 5. The van der Waals surface area contributed by atoms with Crippen LogP contribution in [0.5, 0.6) is 5.75 Å². The fourth-order valence-electron chi connectivity index (χ4n) is 4.54. The van der Waals surface area contributed by atoms with Crippen molar-refractivity contribution >= 4 is 14.3 Å². The molecule has 3 rings (SSSR count). The molecule has 0 aliphatic carbocycles. The molecule has 0 bridgehead atoms. The summed E-state index contributed by atoms with van der Waals surface area (Å²) in [7, 11) is -2.10. The monoisotopic (exact) mass is 577 g/mol. The van der Waals surface area contributed by atoms with E-state index in [9.17, 15) is 15.0 Å². The predicted molar refractivity (Wildman–Crippen MR) is 168 cm³/mol. The average Bonchev–Trinajstić information content (AvgIpc) is 2.94. The van der Waals surface area contributed by atoms with E-state index in [-0.39, 0.29) is 17.7 Å². The summed E-state index contributed by atoms with van der Waals surface area (Å²) in [6.45, 7) is 14.8. The average molecular weight is 578 g/mol. The van der Waals surface area contributed by atoms with E-state index >= 15 is 0 Å². The summed E-state index contributed by atoms with van der Waals surface area (Å²) < 4.78 is 12.9. The molecular formula is C34H47NO5Si. The Bertz CT molecular complexity index is 1260. The Hall–Kier alpha value is -2.97. The first-order valence-corrected chi connectivity index (χ1v) is 17.5.